The van der Waals surface area contributed by atoms with Crippen LogP contribution in [-0.2, 0) is 13.1 Å². The lowest BCUT2D eigenvalue weighted by Gasteiger charge is -2.36. The topological polar surface area (TPSA) is 98.7 Å². The molecule has 5 heterocycles. The van der Waals surface area contributed by atoms with Gasteiger partial charge in [-0.15, -0.1) is 0 Å². The van der Waals surface area contributed by atoms with Gasteiger partial charge in [-0.1, -0.05) is 6.08 Å². The van der Waals surface area contributed by atoms with E-state index >= 15 is 0 Å². The molecule has 6 rings (SSSR count). The molecular formula is C30H30BrFN6O3. The van der Waals surface area contributed by atoms with Crippen LogP contribution in [0.4, 0.5) is 15.9 Å². The van der Waals surface area contributed by atoms with Gasteiger partial charge in [0.2, 0.25) is 5.88 Å². The molecular weight excluding hydrogens is 591 g/mol. The van der Waals surface area contributed by atoms with Crippen molar-refractivity contribution in [3.8, 4) is 11.6 Å². The highest BCUT2D eigenvalue weighted by Gasteiger charge is 2.27. The van der Waals surface area contributed by atoms with E-state index in [4.69, 9.17) is 15.2 Å². The van der Waals surface area contributed by atoms with Crippen LogP contribution in [0.2, 0.25) is 0 Å². The molecule has 0 saturated heterocycles. The quantitative estimate of drug-likeness (QED) is 0.307. The lowest BCUT2D eigenvalue weighted by molar-refractivity contribution is 0.243. The van der Waals surface area contributed by atoms with Crippen molar-refractivity contribution in [2.24, 2.45) is 0 Å². The van der Waals surface area contributed by atoms with Crippen molar-refractivity contribution in [3.05, 3.63) is 92.3 Å². The summed E-state index contributed by atoms with van der Waals surface area (Å²) in [5, 5.41) is 0.308. The highest BCUT2D eigenvalue weighted by Crippen LogP contribution is 2.39. The van der Waals surface area contributed by atoms with Crippen LogP contribution in [0.5, 0.6) is 11.6 Å². The predicted octanol–water partition coefficient (Wildman–Crippen LogP) is 5.03. The Bertz CT molecular complexity index is 1710. The normalized spacial score (nSPS) is 16.3. The molecule has 2 aliphatic heterocycles. The van der Waals surface area contributed by atoms with Gasteiger partial charge < -0.3 is 29.6 Å². The first-order valence-electron chi connectivity index (χ1n) is 13.4. The zero-order valence-corrected chi connectivity index (χ0v) is 24.4. The Morgan fingerprint density at radius 1 is 1.24 bits per heavy atom. The van der Waals surface area contributed by atoms with Crippen molar-refractivity contribution < 1.29 is 13.9 Å². The molecule has 1 atom stereocenters. The molecule has 0 radical (unpaired) electrons. The van der Waals surface area contributed by atoms with Gasteiger partial charge >= 0.3 is 0 Å². The number of nitrogens with two attached hydrogens (primary N) is 1. The third-order valence-corrected chi connectivity index (χ3v) is 8.34. The van der Waals surface area contributed by atoms with Crippen LogP contribution in [0.3, 0.4) is 0 Å². The lowest BCUT2D eigenvalue weighted by atomic mass is 10.1. The minimum Gasteiger partial charge on any atom is -0.488 e. The van der Waals surface area contributed by atoms with E-state index in [-0.39, 0.29) is 15.9 Å². The fourth-order valence-electron chi connectivity index (χ4n) is 5.47. The first-order valence-corrected chi connectivity index (χ1v) is 14.2. The van der Waals surface area contributed by atoms with E-state index in [1.165, 1.54) is 6.07 Å². The number of nitrogen functional groups attached to an aromatic ring is 1. The maximum Gasteiger partial charge on any atom is 0.213 e. The predicted molar refractivity (Wildman–Crippen MR) is 160 cm³/mol. The summed E-state index contributed by atoms with van der Waals surface area (Å²) >= 11 is 3.30. The van der Waals surface area contributed by atoms with E-state index in [2.05, 4.69) is 41.8 Å². The van der Waals surface area contributed by atoms with Crippen LogP contribution in [0, 0.1) is 5.82 Å². The number of anilines is 2. The fourth-order valence-corrected chi connectivity index (χ4v) is 5.89. The number of ether oxygens (including phenoxy) is 2. The van der Waals surface area contributed by atoms with Crippen LogP contribution in [0.15, 0.2) is 70.0 Å². The molecule has 0 fully saturated rings. The summed E-state index contributed by atoms with van der Waals surface area (Å²) in [4.78, 5) is 26.8. The molecule has 0 aliphatic carbocycles. The van der Waals surface area contributed by atoms with Crippen LogP contribution >= 0.6 is 15.9 Å². The number of nitrogens with zero attached hydrogens (tertiary/aromatic N) is 5. The average Bonchev–Trinajstić information content (AvgIpc) is 2.99. The van der Waals surface area contributed by atoms with E-state index in [0.29, 0.717) is 60.2 Å². The minimum absolute atomic E-state index is 0.0259. The SMILES string of the molecule is COc1cc(CN(Cc2cn3c4c(c(Br)c(F)cc4c2=O)OCC3C)C2=CCCN(c3ccc(N)nc3)C2)ccn1. The molecule has 0 spiro atoms. The molecule has 11 heteroatoms. The Morgan fingerprint density at radius 3 is 2.88 bits per heavy atom. The zero-order valence-electron chi connectivity index (χ0n) is 22.8. The van der Waals surface area contributed by atoms with Crippen molar-refractivity contribution in [2.45, 2.75) is 32.5 Å². The average molecular weight is 622 g/mol. The third kappa shape index (κ3) is 5.21. The van der Waals surface area contributed by atoms with Gasteiger partial charge in [0.15, 0.2) is 11.2 Å². The third-order valence-electron chi connectivity index (χ3n) is 7.60. The molecule has 1 aromatic carbocycles. The molecule has 212 valence electrons. The smallest absolute Gasteiger partial charge is 0.213 e. The van der Waals surface area contributed by atoms with E-state index in [1.54, 1.807) is 25.6 Å². The maximum atomic E-state index is 14.9. The molecule has 2 N–H and O–H groups in total. The molecule has 4 aromatic rings. The summed E-state index contributed by atoms with van der Waals surface area (Å²) in [6.45, 7) is 4.73. The molecule has 3 aromatic heterocycles. The van der Waals surface area contributed by atoms with E-state index in [1.807, 2.05) is 35.9 Å². The highest BCUT2D eigenvalue weighted by atomic mass is 79.9. The Morgan fingerprint density at radius 2 is 2.10 bits per heavy atom. The second-order valence-corrected chi connectivity index (χ2v) is 11.2. The number of aromatic nitrogens is 3. The second kappa shape index (κ2) is 11.0. The number of methoxy groups -OCH3 is 1. The standard InChI is InChI=1S/C30H30BrFN6O3/c1-18-17-41-30-27(31)24(32)11-23-28(30)38(18)15-20(29(23)39)14-37(13-19-7-8-34-26(10-19)40-2)22-4-3-9-36(16-22)21-5-6-25(33)35-12-21/h4-8,10-12,15,18H,3,9,13-14,16-17H2,1-2H3,(H2,33,35). The molecule has 2 aliphatic rings. The van der Waals surface area contributed by atoms with Gasteiger partial charge in [-0.25, -0.2) is 14.4 Å². The number of rotatable bonds is 7. The summed E-state index contributed by atoms with van der Waals surface area (Å²) in [6, 6.07) is 8.89. The Labute approximate surface area is 245 Å². The van der Waals surface area contributed by atoms with Gasteiger partial charge in [0.25, 0.3) is 0 Å². The Balaban J connectivity index is 1.41. The molecule has 9 nitrogen and oxygen atoms in total. The van der Waals surface area contributed by atoms with Crippen molar-refractivity contribution in [1.82, 2.24) is 19.4 Å². The zero-order chi connectivity index (χ0) is 28.7. The summed E-state index contributed by atoms with van der Waals surface area (Å²) < 4.78 is 28.3. The van der Waals surface area contributed by atoms with Crippen molar-refractivity contribution in [3.63, 3.8) is 0 Å². The van der Waals surface area contributed by atoms with Gasteiger partial charge in [-0.3, -0.25) is 4.79 Å². The minimum atomic E-state index is -0.522. The van der Waals surface area contributed by atoms with Gasteiger partial charge in [-0.2, -0.15) is 0 Å². The molecule has 0 amide bonds. The van der Waals surface area contributed by atoms with Crippen molar-refractivity contribution >= 4 is 38.3 Å². The number of hydrogen-bond donors (Lipinski definition) is 1. The molecule has 0 saturated carbocycles. The summed E-state index contributed by atoms with van der Waals surface area (Å²) in [5.74, 6) is 0.839. The summed E-state index contributed by atoms with van der Waals surface area (Å²) in [5.41, 5.74) is 9.83. The van der Waals surface area contributed by atoms with Crippen LogP contribution in [0.1, 0.15) is 30.5 Å². The molecule has 0 bridgehead atoms. The second-order valence-electron chi connectivity index (χ2n) is 10.4. The van der Waals surface area contributed by atoms with Crippen LogP contribution < -0.4 is 25.5 Å². The van der Waals surface area contributed by atoms with Gasteiger partial charge in [0.1, 0.15) is 18.2 Å². The van der Waals surface area contributed by atoms with E-state index in [0.717, 1.165) is 29.9 Å². The van der Waals surface area contributed by atoms with Crippen LogP contribution in [-0.4, -0.2) is 46.2 Å². The number of pyridine rings is 3. The van der Waals surface area contributed by atoms with Gasteiger partial charge in [0, 0.05) is 49.4 Å². The monoisotopic (exact) mass is 620 g/mol. The maximum absolute atomic E-state index is 14.9. The first-order chi connectivity index (χ1) is 19.8. The first kappa shape index (κ1) is 27.1. The Kier molecular flexibility index (Phi) is 7.29. The largest absolute Gasteiger partial charge is 0.488 e. The molecule has 1 unspecified atom stereocenters. The van der Waals surface area contributed by atoms with E-state index < -0.39 is 5.82 Å². The summed E-state index contributed by atoms with van der Waals surface area (Å²) in [6.07, 6.45) is 8.44. The molecule has 41 heavy (non-hydrogen) atoms. The van der Waals surface area contributed by atoms with Crippen molar-refractivity contribution in [2.75, 3.05) is 37.4 Å². The van der Waals surface area contributed by atoms with Gasteiger partial charge in [-0.05, 0) is 59.1 Å². The fraction of sp³-hybridized carbons (Fsp3) is 0.300. The summed E-state index contributed by atoms with van der Waals surface area (Å²) in [7, 11) is 1.59. The number of benzene rings is 1. The highest BCUT2D eigenvalue weighted by molar-refractivity contribution is 9.10. The van der Waals surface area contributed by atoms with Crippen molar-refractivity contribution in [1.29, 1.82) is 0 Å². The number of halogens is 2. The van der Waals surface area contributed by atoms with E-state index in [9.17, 15) is 9.18 Å². The number of hydrogen-bond acceptors (Lipinski definition) is 8. The Hall–Kier alpha value is -4.12. The lowest BCUT2D eigenvalue weighted by Crippen LogP contribution is -2.37. The van der Waals surface area contributed by atoms with Gasteiger partial charge in [0.05, 0.1) is 47.0 Å². The van der Waals surface area contributed by atoms with Crippen LogP contribution in [0.25, 0.3) is 10.9 Å².